The third kappa shape index (κ3) is 1.80. The van der Waals surface area contributed by atoms with E-state index in [-0.39, 0.29) is 5.54 Å². The van der Waals surface area contributed by atoms with Crippen molar-refractivity contribution in [2.24, 2.45) is 46.4 Å². The van der Waals surface area contributed by atoms with E-state index >= 15 is 0 Å². The van der Waals surface area contributed by atoms with Crippen LogP contribution in [0.25, 0.3) is 0 Å². The van der Waals surface area contributed by atoms with Gasteiger partial charge >= 0.3 is 0 Å². The maximum absolute atomic E-state index is 5.13. The molecular formula is C21H27NS. The summed E-state index contributed by atoms with van der Waals surface area (Å²) in [6.45, 7) is 0. The molecule has 122 valence electrons. The summed E-state index contributed by atoms with van der Waals surface area (Å²) in [6.07, 6.45) is 14.6. The molecule has 0 saturated heterocycles. The second-order valence-electron chi connectivity index (χ2n) is 9.95. The summed E-state index contributed by atoms with van der Waals surface area (Å²) in [5.41, 5.74) is 3.90. The van der Waals surface area contributed by atoms with Gasteiger partial charge in [0.15, 0.2) is 0 Å². The predicted molar refractivity (Wildman–Crippen MR) is 95.4 cm³/mol. The van der Waals surface area contributed by atoms with Crippen molar-refractivity contribution in [3.05, 3.63) is 11.1 Å². The maximum Gasteiger partial charge on any atom is 0.0930 e. The monoisotopic (exact) mass is 325 g/mol. The van der Waals surface area contributed by atoms with Gasteiger partial charge in [-0.25, -0.2) is 4.99 Å². The molecule has 0 heterocycles. The van der Waals surface area contributed by atoms with Crippen LogP contribution in [0.3, 0.4) is 0 Å². The molecule has 0 aromatic carbocycles. The molecule has 0 aromatic heterocycles. The van der Waals surface area contributed by atoms with E-state index in [2.05, 4.69) is 5.16 Å². The van der Waals surface area contributed by atoms with Gasteiger partial charge in [-0.2, -0.15) is 0 Å². The highest BCUT2D eigenvalue weighted by atomic mass is 32.1. The molecule has 8 fully saturated rings. The Kier molecular flexibility index (Phi) is 2.75. The zero-order chi connectivity index (χ0) is 15.2. The minimum atomic E-state index is 0.112. The Morgan fingerprint density at radius 2 is 1.26 bits per heavy atom. The van der Waals surface area contributed by atoms with Crippen molar-refractivity contribution >= 4 is 17.4 Å². The number of isothiocyanates is 1. The Balaban J connectivity index is 1.53. The first-order valence-corrected chi connectivity index (χ1v) is 10.5. The number of aliphatic imine (C=N–C) groups is 1. The van der Waals surface area contributed by atoms with Crippen molar-refractivity contribution < 1.29 is 0 Å². The normalized spacial score (nSPS) is 55.4. The first kappa shape index (κ1) is 13.8. The van der Waals surface area contributed by atoms with Crippen molar-refractivity contribution in [1.82, 2.24) is 0 Å². The zero-order valence-corrected chi connectivity index (χ0v) is 14.8. The van der Waals surface area contributed by atoms with Crippen LogP contribution in [-0.4, -0.2) is 10.7 Å². The Labute approximate surface area is 145 Å². The molecule has 8 saturated carbocycles. The van der Waals surface area contributed by atoms with Crippen LogP contribution in [0.1, 0.15) is 64.2 Å². The maximum atomic E-state index is 5.13. The van der Waals surface area contributed by atoms with Crippen LogP contribution < -0.4 is 0 Å². The summed E-state index contributed by atoms with van der Waals surface area (Å²) in [6, 6.07) is 0. The van der Waals surface area contributed by atoms with Crippen LogP contribution in [0.4, 0.5) is 0 Å². The molecule has 8 aliphatic carbocycles. The van der Waals surface area contributed by atoms with Crippen LogP contribution in [0, 0.1) is 41.4 Å². The average Bonchev–Trinajstić information content (AvgIpc) is 2.48. The molecule has 0 N–H and O–H groups in total. The standard InChI is InChI=1S/C21H27NS/c23-11-22-21-9-14-2-15(10-21)8-18(7-14)20(21)19-16-3-12-1-13(5-16)6-17(19)4-12/h12-18H,1-10H2. The highest BCUT2D eigenvalue weighted by molar-refractivity contribution is 7.78. The molecule has 8 aliphatic rings. The summed E-state index contributed by atoms with van der Waals surface area (Å²) in [4.78, 5) is 4.94. The first-order chi connectivity index (χ1) is 11.2. The Bertz CT molecular complexity index is 596. The Morgan fingerprint density at radius 1 is 0.739 bits per heavy atom. The van der Waals surface area contributed by atoms with Crippen molar-refractivity contribution in [2.45, 2.75) is 69.7 Å². The fourth-order valence-electron chi connectivity index (χ4n) is 8.65. The molecule has 1 nitrogen and oxygen atoms in total. The fraction of sp³-hybridized carbons (Fsp3) is 0.857. The quantitative estimate of drug-likeness (QED) is 0.356. The molecular weight excluding hydrogens is 298 g/mol. The minimum Gasteiger partial charge on any atom is -0.221 e. The van der Waals surface area contributed by atoms with Gasteiger partial charge in [0.05, 0.1) is 10.7 Å². The number of hydrogen-bond acceptors (Lipinski definition) is 2. The molecule has 0 spiro atoms. The van der Waals surface area contributed by atoms with Crippen LogP contribution in [-0.2, 0) is 0 Å². The summed E-state index contributed by atoms with van der Waals surface area (Å²) >= 11 is 5.13. The van der Waals surface area contributed by atoms with Crippen LogP contribution >= 0.6 is 12.2 Å². The van der Waals surface area contributed by atoms with E-state index in [1.54, 1.807) is 6.42 Å². The number of allylic oxidation sites excluding steroid dienone is 1. The van der Waals surface area contributed by atoms with E-state index in [0.29, 0.717) is 0 Å². The van der Waals surface area contributed by atoms with Gasteiger partial charge in [-0.05, 0) is 123 Å². The van der Waals surface area contributed by atoms with E-state index in [4.69, 9.17) is 17.2 Å². The topological polar surface area (TPSA) is 12.4 Å². The second kappa shape index (κ2) is 4.58. The molecule has 8 rings (SSSR count). The van der Waals surface area contributed by atoms with Gasteiger partial charge in [0.25, 0.3) is 0 Å². The SMILES string of the molecule is S=C=NC12CC3CC(CC(C3)C1=C1C3CC4CC(C3)CC1C4)C2. The molecule has 0 radical (unpaired) electrons. The molecule has 2 atom stereocenters. The van der Waals surface area contributed by atoms with E-state index in [1.165, 1.54) is 57.8 Å². The van der Waals surface area contributed by atoms with E-state index in [1.807, 2.05) is 11.1 Å². The van der Waals surface area contributed by atoms with Crippen molar-refractivity contribution in [2.75, 3.05) is 0 Å². The van der Waals surface area contributed by atoms with Crippen molar-refractivity contribution in [3.8, 4) is 0 Å². The van der Waals surface area contributed by atoms with Gasteiger partial charge in [-0.3, -0.25) is 0 Å². The zero-order valence-electron chi connectivity index (χ0n) is 14.0. The van der Waals surface area contributed by atoms with E-state index in [0.717, 1.165) is 41.4 Å². The highest BCUT2D eigenvalue weighted by Crippen LogP contribution is 2.65. The van der Waals surface area contributed by atoms with E-state index in [9.17, 15) is 0 Å². The largest absolute Gasteiger partial charge is 0.221 e. The number of thiocarbonyl (C=S) groups is 1. The molecule has 8 bridgehead atoms. The molecule has 2 unspecified atom stereocenters. The van der Waals surface area contributed by atoms with Crippen molar-refractivity contribution in [3.63, 3.8) is 0 Å². The lowest BCUT2D eigenvalue weighted by Crippen LogP contribution is -2.54. The lowest BCUT2D eigenvalue weighted by molar-refractivity contribution is 0.0316. The summed E-state index contributed by atoms with van der Waals surface area (Å²) in [5.74, 6) is 6.70. The third-order valence-corrected chi connectivity index (χ3v) is 8.74. The average molecular weight is 326 g/mol. The minimum absolute atomic E-state index is 0.112. The van der Waals surface area contributed by atoms with Gasteiger partial charge in [-0.15, -0.1) is 0 Å². The van der Waals surface area contributed by atoms with Crippen LogP contribution in [0.2, 0.25) is 0 Å². The molecule has 2 heteroatoms. The Morgan fingerprint density at radius 3 is 1.83 bits per heavy atom. The molecule has 0 aliphatic heterocycles. The predicted octanol–water partition coefficient (Wildman–Crippen LogP) is 5.42. The van der Waals surface area contributed by atoms with E-state index < -0.39 is 0 Å². The number of rotatable bonds is 1. The molecule has 23 heavy (non-hydrogen) atoms. The number of hydrogen-bond donors (Lipinski definition) is 0. The Hall–Kier alpha value is -0.460. The van der Waals surface area contributed by atoms with Crippen LogP contribution in [0.5, 0.6) is 0 Å². The fourth-order valence-corrected chi connectivity index (χ4v) is 8.82. The van der Waals surface area contributed by atoms with Crippen LogP contribution in [0.15, 0.2) is 16.1 Å². The number of nitrogens with zero attached hydrogens (tertiary/aromatic N) is 1. The highest BCUT2D eigenvalue weighted by Gasteiger charge is 2.57. The lowest BCUT2D eigenvalue weighted by Gasteiger charge is -2.60. The van der Waals surface area contributed by atoms with Crippen molar-refractivity contribution in [1.29, 1.82) is 0 Å². The lowest BCUT2D eigenvalue weighted by atomic mass is 9.46. The summed E-state index contributed by atoms with van der Waals surface area (Å²) < 4.78 is 0. The van der Waals surface area contributed by atoms with Gasteiger partial charge in [0.2, 0.25) is 0 Å². The molecule has 0 amide bonds. The second-order valence-corrected chi connectivity index (χ2v) is 10.1. The van der Waals surface area contributed by atoms with Gasteiger partial charge in [0.1, 0.15) is 0 Å². The first-order valence-electron chi connectivity index (χ1n) is 10.1. The third-order valence-electron chi connectivity index (χ3n) is 8.65. The van der Waals surface area contributed by atoms with Gasteiger partial charge in [-0.1, -0.05) is 5.57 Å². The van der Waals surface area contributed by atoms with Gasteiger partial charge in [0, 0.05) is 0 Å². The summed E-state index contributed by atoms with van der Waals surface area (Å²) in [7, 11) is 0. The summed E-state index contributed by atoms with van der Waals surface area (Å²) in [5, 5.41) is 2.85. The van der Waals surface area contributed by atoms with Gasteiger partial charge < -0.3 is 0 Å². The molecule has 0 aromatic rings. The smallest absolute Gasteiger partial charge is 0.0930 e.